The Morgan fingerprint density at radius 1 is 1.64 bits per heavy atom. The van der Waals surface area contributed by atoms with Gasteiger partial charge in [0.1, 0.15) is 5.69 Å². The molecule has 1 rings (SSSR count). The van der Waals surface area contributed by atoms with Crippen molar-refractivity contribution in [3.63, 3.8) is 0 Å². The fraction of sp³-hybridized carbons (Fsp3) is 0.286. The molecule has 1 heterocycles. The van der Waals surface area contributed by atoms with E-state index < -0.39 is 0 Å². The molecule has 0 amide bonds. The van der Waals surface area contributed by atoms with E-state index in [0.717, 1.165) is 0 Å². The fourth-order valence-corrected chi connectivity index (χ4v) is 0.652. The molecule has 0 unspecified atom stereocenters. The SMILES string of the molecule is CC(=O)c1cncc(CO)n1. The molecule has 58 valence electrons. The topological polar surface area (TPSA) is 63.1 Å². The molecule has 0 saturated heterocycles. The van der Waals surface area contributed by atoms with Crippen molar-refractivity contribution in [2.45, 2.75) is 13.5 Å². The Bertz CT molecular complexity index is 273. The first-order valence-electron chi connectivity index (χ1n) is 3.16. The lowest BCUT2D eigenvalue weighted by Crippen LogP contribution is -2.01. The van der Waals surface area contributed by atoms with Gasteiger partial charge < -0.3 is 5.11 Å². The van der Waals surface area contributed by atoms with Gasteiger partial charge in [0, 0.05) is 6.92 Å². The Morgan fingerprint density at radius 2 is 2.36 bits per heavy atom. The molecule has 0 bridgehead atoms. The first-order chi connectivity index (χ1) is 5.24. The zero-order valence-electron chi connectivity index (χ0n) is 6.11. The maximum absolute atomic E-state index is 10.7. The highest BCUT2D eigenvalue weighted by Gasteiger charge is 2.01. The molecular weight excluding hydrogens is 144 g/mol. The lowest BCUT2D eigenvalue weighted by molar-refractivity contribution is 0.101. The smallest absolute Gasteiger partial charge is 0.179 e. The average Bonchev–Trinajstić information content (AvgIpc) is 2.05. The van der Waals surface area contributed by atoms with Crippen LogP contribution in [0, 0.1) is 0 Å². The van der Waals surface area contributed by atoms with E-state index in [1.807, 2.05) is 0 Å². The molecule has 11 heavy (non-hydrogen) atoms. The Hall–Kier alpha value is -1.29. The zero-order chi connectivity index (χ0) is 8.27. The van der Waals surface area contributed by atoms with Crippen molar-refractivity contribution in [3.8, 4) is 0 Å². The molecule has 0 atom stereocenters. The second-order valence-corrected chi connectivity index (χ2v) is 2.11. The van der Waals surface area contributed by atoms with Crippen LogP contribution in [0.25, 0.3) is 0 Å². The normalized spacial score (nSPS) is 9.64. The summed E-state index contributed by atoms with van der Waals surface area (Å²) in [5.74, 6) is -0.146. The van der Waals surface area contributed by atoms with E-state index in [2.05, 4.69) is 9.97 Å². The largest absolute Gasteiger partial charge is 0.390 e. The van der Waals surface area contributed by atoms with Gasteiger partial charge in [-0.2, -0.15) is 0 Å². The van der Waals surface area contributed by atoms with Crippen molar-refractivity contribution >= 4 is 5.78 Å². The van der Waals surface area contributed by atoms with Crippen LogP contribution in [0.1, 0.15) is 23.1 Å². The molecule has 0 aliphatic rings. The van der Waals surface area contributed by atoms with Crippen LogP contribution in [0.2, 0.25) is 0 Å². The zero-order valence-corrected chi connectivity index (χ0v) is 6.11. The Kier molecular flexibility index (Phi) is 2.28. The summed E-state index contributed by atoms with van der Waals surface area (Å²) in [6, 6.07) is 0. The van der Waals surface area contributed by atoms with Crippen LogP contribution in [0.15, 0.2) is 12.4 Å². The third-order valence-electron chi connectivity index (χ3n) is 1.21. The third kappa shape index (κ3) is 1.81. The lowest BCUT2D eigenvalue weighted by atomic mass is 10.3. The van der Waals surface area contributed by atoms with Crippen LogP contribution in [-0.2, 0) is 6.61 Å². The highest BCUT2D eigenvalue weighted by Crippen LogP contribution is 1.96. The van der Waals surface area contributed by atoms with Gasteiger partial charge in [-0.05, 0) is 0 Å². The van der Waals surface area contributed by atoms with Crippen LogP contribution in [-0.4, -0.2) is 20.9 Å². The molecule has 0 aromatic carbocycles. The average molecular weight is 152 g/mol. The number of rotatable bonds is 2. The number of carbonyl (C=O) groups excluding carboxylic acids is 1. The number of nitrogens with zero attached hydrogens (tertiary/aromatic N) is 2. The van der Waals surface area contributed by atoms with Crippen LogP contribution in [0.3, 0.4) is 0 Å². The fourth-order valence-electron chi connectivity index (χ4n) is 0.652. The van der Waals surface area contributed by atoms with E-state index in [1.54, 1.807) is 0 Å². The number of Topliss-reactive ketones (excluding diaryl/α,β-unsaturated/α-hetero) is 1. The minimum absolute atomic E-state index is 0.146. The second-order valence-electron chi connectivity index (χ2n) is 2.11. The molecule has 1 N–H and O–H groups in total. The number of aliphatic hydroxyl groups excluding tert-OH is 1. The van der Waals surface area contributed by atoms with Gasteiger partial charge >= 0.3 is 0 Å². The Labute approximate surface area is 63.9 Å². The summed E-state index contributed by atoms with van der Waals surface area (Å²) in [6.45, 7) is 1.22. The van der Waals surface area contributed by atoms with Gasteiger partial charge in [0.25, 0.3) is 0 Å². The lowest BCUT2D eigenvalue weighted by Gasteiger charge is -1.95. The third-order valence-corrected chi connectivity index (χ3v) is 1.21. The summed E-state index contributed by atoms with van der Waals surface area (Å²) in [6.07, 6.45) is 2.80. The maximum Gasteiger partial charge on any atom is 0.179 e. The molecule has 0 aliphatic carbocycles. The summed E-state index contributed by atoms with van der Waals surface area (Å²) in [5.41, 5.74) is 0.703. The molecule has 1 aromatic heterocycles. The number of hydrogen-bond donors (Lipinski definition) is 1. The van der Waals surface area contributed by atoms with E-state index in [4.69, 9.17) is 5.11 Å². The summed E-state index contributed by atoms with van der Waals surface area (Å²) >= 11 is 0. The van der Waals surface area contributed by atoms with Crippen molar-refractivity contribution in [3.05, 3.63) is 23.8 Å². The van der Waals surface area contributed by atoms with E-state index >= 15 is 0 Å². The number of hydrogen-bond acceptors (Lipinski definition) is 4. The minimum Gasteiger partial charge on any atom is -0.390 e. The van der Waals surface area contributed by atoms with Crippen LogP contribution in [0.4, 0.5) is 0 Å². The Balaban J connectivity index is 3.01. The van der Waals surface area contributed by atoms with Gasteiger partial charge in [-0.3, -0.25) is 9.78 Å². The molecule has 1 aromatic rings. The highest BCUT2D eigenvalue weighted by atomic mass is 16.3. The van der Waals surface area contributed by atoms with Crippen LogP contribution in [0.5, 0.6) is 0 Å². The summed E-state index contributed by atoms with van der Waals surface area (Å²) in [5, 5.41) is 8.63. The quantitative estimate of drug-likeness (QED) is 0.613. The first-order valence-corrected chi connectivity index (χ1v) is 3.16. The van der Waals surface area contributed by atoms with Gasteiger partial charge in [-0.15, -0.1) is 0 Å². The predicted molar refractivity (Wildman–Crippen MR) is 38.0 cm³/mol. The summed E-state index contributed by atoms with van der Waals surface area (Å²) in [7, 11) is 0. The number of aliphatic hydroxyl groups is 1. The molecular formula is C7H8N2O2. The van der Waals surface area contributed by atoms with E-state index in [0.29, 0.717) is 5.69 Å². The standard InChI is InChI=1S/C7H8N2O2/c1-5(11)7-3-8-2-6(4-10)9-7/h2-3,10H,4H2,1H3. The second kappa shape index (κ2) is 3.21. The van der Waals surface area contributed by atoms with Gasteiger partial charge in [0.2, 0.25) is 0 Å². The van der Waals surface area contributed by atoms with E-state index in [-0.39, 0.29) is 18.1 Å². The molecule has 4 nitrogen and oxygen atoms in total. The van der Waals surface area contributed by atoms with Crippen molar-refractivity contribution in [2.75, 3.05) is 0 Å². The van der Waals surface area contributed by atoms with E-state index in [9.17, 15) is 4.79 Å². The molecule has 0 fully saturated rings. The molecule has 0 saturated carbocycles. The number of aromatic nitrogens is 2. The molecule has 0 aliphatic heterocycles. The van der Waals surface area contributed by atoms with Crippen molar-refractivity contribution in [2.24, 2.45) is 0 Å². The molecule has 0 spiro atoms. The summed E-state index contributed by atoms with van der Waals surface area (Å²) < 4.78 is 0. The predicted octanol–water partition coefficient (Wildman–Crippen LogP) is 0.171. The summed E-state index contributed by atoms with van der Waals surface area (Å²) in [4.78, 5) is 18.3. The molecule has 0 radical (unpaired) electrons. The van der Waals surface area contributed by atoms with Crippen molar-refractivity contribution in [1.29, 1.82) is 0 Å². The highest BCUT2D eigenvalue weighted by molar-refractivity contribution is 5.91. The van der Waals surface area contributed by atoms with Gasteiger partial charge in [-0.25, -0.2) is 4.98 Å². The molecule has 4 heteroatoms. The minimum atomic E-state index is -0.186. The van der Waals surface area contributed by atoms with Crippen molar-refractivity contribution < 1.29 is 9.90 Å². The monoisotopic (exact) mass is 152 g/mol. The Morgan fingerprint density at radius 3 is 2.91 bits per heavy atom. The van der Waals surface area contributed by atoms with Gasteiger partial charge in [-0.1, -0.05) is 0 Å². The van der Waals surface area contributed by atoms with Crippen LogP contribution < -0.4 is 0 Å². The maximum atomic E-state index is 10.7. The number of ketones is 1. The van der Waals surface area contributed by atoms with Gasteiger partial charge in [0.15, 0.2) is 5.78 Å². The van der Waals surface area contributed by atoms with Crippen molar-refractivity contribution in [1.82, 2.24) is 9.97 Å². The number of carbonyl (C=O) groups is 1. The van der Waals surface area contributed by atoms with Crippen LogP contribution >= 0.6 is 0 Å². The van der Waals surface area contributed by atoms with E-state index in [1.165, 1.54) is 19.3 Å². The first kappa shape index (κ1) is 7.81. The van der Waals surface area contributed by atoms with Gasteiger partial charge in [0.05, 0.1) is 24.7 Å².